The van der Waals surface area contributed by atoms with Crippen LogP contribution >= 0.6 is 11.6 Å². The molecule has 0 saturated carbocycles. The van der Waals surface area contributed by atoms with E-state index in [4.69, 9.17) is 16.3 Å². The standard InChI is InChI=1S/C10H12ClNO3S/c11-8-16(13,14)12-5-6-15-10-4-2-1-3-9(10)7-12/h1-4H,5-8H2. The fourth-order valence-electron chi connectivity index (χ4n) is 1.61. The van der Waals surface area contributed by atoms with Gasteiger partial charge in [0.1, 0.15) is 17.6 Å². The SMILES string of the molecule is O=S(=O)(CCl)N1CCOc2ccccc2C1. The van der Waals surface area contributed by atoms with Gasteiger partial charge in [0.2, 0.25) is 10.0 Å². The van der Waals surface area contributed by atoms with Crippen LogP contribution < -0.4 is 4.74 Å². The highest BCUT2D eigenvalue weighted by atomic mass is 35.5. The van der Waals surface area contributed by atoms with Crippen molar-refractivity contribution in [2.75, 3.05) is 18.4 Å². The second-order valence-corrected chi connectivity index (χ2v) is 6.06. The number of para-hydroxylation sites is 1. The number of halogens is 1. The van der Waals surface area contributed by atoms with Crippen LogP contribution in [-0.4, -0.2) is 31.1 Å². The molecular weight excluding hydrogens is 250 g/mol. The molecule has 0 spiro atoms. The van der Waals surface area contributed by atoms with E-state index in [0.717, 1.165) is 11.3 Å². The van der Waals surface area contributed by atoms with Crippen LogP contribution in [0.15, 0.2) is 24.3 Å². The Bertz CT molecular complexity index is 475. The van der Waals surface area contributed by atoms with Gasteiger partial charge in [-0.3, -0.25) is 0 Å². The molecule has 0 unspecified atom stereocenters. The van der Waals surface area contributed by atoms with Crippen molar-refractivity contribution < 1.29 is 13.2 Å². The molecule has 2 rings (SSSR count). The fourth-order valence-corrected chi connectivity index (χ4v) is 2.85. The maximum atomic E-state index is 11.7. The number of nitrogens with zero attached hydrogens (tertiary/aromatic N) is 1. The van der Waals surface area contributed by atoms with E-state index >= 15 is 0 Å². The van der Waals surface area contributed by atoms with E-state index in [9.17, 15) is 8.42 Å². The molecule has 1 heterocycles. The van der Waals surface area contributed by atoms with E-state index in [1.165, 1.54) is 4.31 Å². The smallest absolute Gasteiger partial charge is 0.228 e. The van der Waals surface area contributed by atoms with Gasteiger partial charge >= 0.3 is 0 Å². The predicted molar refractivity (Wildman–Crippen MR) is 62.0 cm³/mol. The zero-order chi connectivity index (χ0) is 11.6. The van der Waals surface area contributed by atoms with Crippen molar-refractivity contribution in [2.45, 2.75) is 6.54 Å². The highest BCUT2D eigenvalue weighted by molar-refractivity contribution is 7.90. The van der Waals surface area contributed by atoms with E-state index in [-0.39, 0.29) is 0 Å². The molecule has 1 aromatic carbocycles. The van der Waals surface area contributed by atoms with Gasteiger partial charge < -0.3 is 4.74 Å². The van der Waals surface area contributed by atoms with Crippen LogP contribution in [0.1, 0.15) is 5.56 Å². The molecule has 0 radical (unpaired) electrons. The quantitative estimate of drug-likeness (QED) is 0.757. The largest absolute Gasteiger partial charge is 0.492 e. The third-order valence-electron chi connectivity index (χ3n) is 2.45. The summed E-state index contributed by atoms with van der Waals surface area (Å²) in [4.78, 5) is 0. The number of rotatable bonds is 2. The lowest BCUT2D eigenvalue weighted by Gasteiger charge is -2.17. The maximum absolute atomic E-state index is 11.7. The molecule has 0 atom stereocenters. The first-order chi connectivity index (χ1) is 7.63. The molecule has 0 fully saturated rings. The van der Waals surface area contributed by atoms with Gasteiger partial charge in [-0.05, 0) is 6.07 Å². The first kappa shape index (κ1) is 11.7. The normalized spacial score (nSPS) is 17.3. The van der Waals surface area contributed by atoms with Gasteiger partial charge in [-0.25, -0.2) is 8.42 Å². The lowest BCUT2D eigenvalue weighted by molar-refractivity contribution is 0.293. The minimum Gasteiger partial charge on any atom is -0.492 e. The molecule has 0 bridgehead atoms. The molecule has 1 aliphatic rings. The van der Waals surface area contributed by atoms with Gasteiger partial charge in [0, 0.05) is 18.7 Å². The van der Waals surface area contributed by atoms with Crippen LogP contribution in [0.2, 0.25) is 0 Å². The third-order valence-corrected chi connectivity index (χ3v) is 4.65. The minimum absolute atomic E-state index is 0.325. The molecule has 4 nitrogen and oxygen atoms in total. The van der Waals surface area contributed by atoms with Crippen molar-refractivity contribution >= 4 is 21.6 Å². The molecule has 16 heavy (non-hydrogen) atoms. The Morgan fingerprint density at radius 2 is 2.12 bits per heavy atom. The van der Waals surface area contributed by atoms with Gasteiger partial charge in [0.05, 0.1) is 0 Å². The van der Waals surface area contributed by atoms with Crippen LogP contribution in [0, 0.1) is 0 Å². The second-order valence-electron chi connectivity index (χ2n) is 3.51. The Labute approximate surface area is 99.8 Å². The number of hydrogen-bond acceptors (Lipinski definition) is 3. The average Bonchev–Trinajstić information content (AvgIpc) is 2.51. The molecule has 0 N–H and O–H groups in total. The number of hydrogen-bond donors (Lipinski definition) is 0. The maximum Gasteiger partial charge on any atom is 0.228 e. The molecular formula is C10H12ClNO3S. The Morgan fingerprint density at radius 3 is 2.88 bits per heavy atom. The van der Waals surface area contributed by atoms with Crippen molar-refractivity contribution in [1.82, 2.24) is 4.31 Å². The first-order valence-electron chi connectivity index (χ1n) is 4.88. The summed E-state index contributed by atoms with van der Waals surface area (Å²) < 4.78 is 30.1. The van der Waals surface area contributed by atoms with E-state index in [1.807, 2.05) is 24.3 Å². The van der Waals surface area contributed by atoms with Gasteiger partial charge in [0.15, 0.2) is 0 Å². The second kappa shape index (κ2) is 4.61. The van der Waals surface area contributed by atoms with Crippen molar-refractivity contribution in [3.05, 3.63) is 29.8 Å². The highest BCUT2D eigenvalue weighted by Gasteiger charge is 2.24. The number of fused-ring (bicyclic) bond motifs is 1. The summed E-state index contributed by atoms with van der Waals surface area (Å²) in [6.07, 6.45) is 0. The van der Waals surface area contributed by atoms with Gasteiger partial charge in [-0.15, -0.1) is 11.6 Å². The lowest BCUT2D eigenvalue weighted by Crippen LogP contribution is -2.33. The lowest BCUT2D eigenvalue weighted by atomic mass is 10.2. The van der Waals surface area contributed by atoms with Crippen molar-refractivity contribution in [3.8, 4) is 5.75 Å². The van der Waals surface area contributed by atoms with Gasteiger partial charge in [0.25, 0.3) is 0 Å². The third kappa shape index (κ3) is 2.31. The number of benzene rings is 1. The molecule has 1 aliphatic heterocycles. The molecule has 1 aromatic rings. The van der Waals surface area contributed by atoms with Crippen LogP contribution in [0.5, 0.6) is 5.75 Å². The van der Waals surface area contributed by atoms with E-state index in [0.29, 0.717) is 19.7 Å². The van der Waals surface area contributed by atoms with E-state index in [2.05, 4.69) is 0 Å². The summed E-state index contributed by atoms with van der Waals surface area (Å²) in [5.74, 6) is 0.745. The Kier molecular flexibility index (Phi) is 3.37. The van der Waals surface area contributed by atoms with Crippen molar-refractivity contribution in [3.63, 3.8) is 0 Å². The average molecular weight is 262 g/mol. The van der Waals surface area contributed by atoms with E-state index in [1.54, 1.807) is 0 Å². The van der Waals surface area contributed by atoms with Crippen LogP contribution in [0.25, 0.3) is 0 Å². The van der Waals surface area contributed by atoms with Crippen LogP contribution in [0.3, 0.4) is 0 Å². The monoisotopic (exact) mass is 261 g/mol. The van der Waals surface area contributed by atoms with Gasteiger partial charge in [-0.2, -0.15) is 4.31 Å². The summed E-state index contributed by atoms with van der Waals surface area (Å²) in [6, 6.07) is 7.42. The van der Waals surface area contributed by atoms with Crippen molar-refractivity contribution in [2.24, 2.45) is 0 Å². The number of alkyl halides is 1. The minimum atomic E-state index is -3.37. The van der Waals surface area contributed by atoms with Gasteiger partial charge in [-0.1, -0.05) is 18.2 Å². The summed E-state index contributed by atoms with van der Waals surface area (Å²) in [5, 5.41) is -0.394. The fraction of sp³-hybridized carbons (Fsp3) is 0.400. The summed E-state index contributed by atoms with van der Waals surface area (Å²) >= 11 is 5.44. The van der Waals surface area contributed by atoms with Crippen LogP contribution in [0.4, 0.5) is 0 Å². The zero-order valence-electron chi connectivity index (χ0n) is 8.60. The number of ether oxygens (including phenoxy) is 1. The Hall–Kier alpha value is -0.780. The summed E-state index contributed by atoms with van der Waals surface area (Å²) in [7, 11) is -3.37. The van der Waals surface area contributed by atoms with Crippen LogP contribution in [-0.2, 0) is 16.6 Å². The zero-order valence-corrected chi connectivity index (χ0v) is 10.2. The summed E-state index contributed by atoms with van der Waals surface area (Å²) in [6.45, 7) is 1.02. The van der Waals surface area contributed by atoms with Crippen molar-refractivity contribution in [1.29, 1.82) is 0 Å². The Balaban J connectivity index is 2.30. The Morgan fingerprint density at radius 1 is 1.38 bits per heavy atom. The topological polar surface area (TPSA) is 46.6 Å². The molecule has 0 aliphatic carbocycles. The molecule has 6 heteroatoms. The molecule has 0 amide bonds. The molecule has 88 valence electrons. The molecule has 0 aromatic heterocycles. The highest BCUT2D eigenvalue weighted by Crippen LogP contribution is 2.23. The first-order valence-corrected chi connectivity index (χ1v) is 7.02. The predicted octanol–water partition coefficient (Wildman–Crippen LogP) is 1.41. The summed E-state index contributed by atoms with van der Waals surface area (Å²) in [5.41, 5.74) is 0.869. The van der Waals surface area contributed by atoms with E-state index < -0.39 is 15.2 Å². The molecule has 0 saturated heterocycles. The number of sulfonamides is 1.